The first kappa shape index (κ1) is 24.2. The molecule has 1 fully saturated rings. The molecule has 3 nitrogen and oxygen atoms in total. The third kappa shape index (κ3) is 4.07. The molecular formula is C38H32N2O. The Balaban J connectivity index is 1.19. The molecule has 1 unspecified atom stereocenters. The van der Waals surface area contributed by atoms with Crippen molar-refractivity contribution in [3.8, 4) is 22.6 Å². The molecule has 5 aromatic carbocycles. The highest BCUT2D eigenvalue weighted by Gasteiger charge is 2.43. The molecule has 5 aromatic rings. The van der Waals surface area contributed by atoms with Gasteiger partial charge in [-0.1, -0.05) is 110 Å². The summed E-state index contributed by atoms with van der Waals surface area (Å²) in [5.74, 6) is 2.91. The van der Waals surface area contributed by atoms with Crippen molar-refractivity contribution in [2.75, 3.05) is 0 Å². The zero-order valence-corrected chi connectivity index (χ0v) is 23.0. The molecule has 2 heterocycles. The zero-order valence-electron chi connectivity index (χ0n) is 23.0. The highest BCUT2D eigenvalue weighted by Crippen LogP contribution is 2.55. The third-order valence-electron chi connectivity index (χ3n) is 9.21. The molecule has 3 heteroatoms. The van der Waals surface area contributed by atoms with E-state index in [4.69, 9.17) is 9.73 Å². The van der Waals surface area contributed by atoms with Crippen molar-refractivity contribution < 1.29 is 4.74 Å². The number of fused-ring (bicyclic) bond motifs is 5. The first-order valence-corrected chi connectivity index (χ1v) is 14.8. The van der Waals surface area contributed by atoms with Crippen LogP contribution in [0.25, 0.3) is 11.1 Å². The van der Waals surface area contributed by atoms with Crippen molar-refractivity contribution in [3.05, 3.63) is 149 Å². The van der Waals surface area contributed by atoms with Crippen LogP contribution in [0.2, 0.25) is 0 Å². The van der Waals surface area contributed by atoms with Crippen LogP contribution in [0.15, 0.2) is 126 Å². The number of benzene rings is 5. The molecule has 200 valence electrons. The summed E-state index contributed by atoms with van der Waals surface area (Å²) in [4.78, 5) is 5.15. The number of amidine groups is 1. The van der Waals surface area contributed by atoms with Crippen molar-refractivity contribution in [1.82, 2.24) is 5.32 Å². The number of aliphatic imine (C=N–C) groups is 1. The molecule has 0 aromatic heterocycles. The SMILES string of the molecule is c1ccc(-c2ccc(C3NC(c4ccc5c(c4)C4(CCCCC4)c4ccccc4O5)=Nc4ccccc43)cc2)cc1. The minimum atomic E-state index is -0.00174. The lowest BCUT2D eigenvalue weighted by atomic mass is 9.63. The first-order valence-electron chi connectivity index (χ1n) is 14.8. The highest BCUT2D eigenvalue weighted by molar-refractivity contribution is 6.02. The average molecular weight is 533 g/mol. The van der Waals surface area contributed by atoms with Crippen LogP contribution in [0, 0.1) is 0 Å². The summed E-state index contributed by atoms with van der Waals surface area (Å²) in [7, 11) is 0. The number of nitrogens with one attached hydrogen (secondary N) is 1. The number of hydrogen-bond donors (Lipinski definition) is 1. The molecule has 0 radical (unpaired) electrons. The average Bonchev–Trinajstić information content (AvgIpc) is 3.05. The van der Waals surface area contributed by atoms with Gasteiger partial charge in [-0.3, -0.25) is 0 Å². The van der Waals surface area contributed by atoms with Crippen molar-refractivity contribution in [1.29, 1.82) is 0 Å². The Morgan fingerprint density at radius 2 is 1.29 bits per heavy atom. The van der Waals surface area contributed by atoms with Crippen molar-refractivity contribution in [2.45, 2.75) is 43.6 Å². The molecule has 8 rings (SSSR count). The molecule has 1 N–H and O–H groups in total. The van der Waals surface area contributed by atoms with Crippen LogP contribution in [0.4, 0.5) is 5.69 Å². The van der Waals surface area contributed by atoms with Gasteiger partial charge in [-0.25, -0.2) is 4.99 Å². The Morgan fingerprint density at radius 1 is 0.610 bits per heavy atom. The largest absolute Gasteiger partial charge is 0.457 e. The number of hydrogen-bond acceptors (Lipinski definition) is 3. The van der Waals surface area contributed by atoms with Crippen LogP contribution in [0.5, 0.6) is 11.5 Å². The molecule has 0 amide bonds. The summed E-state index contributed by atoms with van der Waals surface area (Å²) in [6, 6.07) is 43.3. The van der Waals surface area contributed by atoms with Gasteiger partial charge in [-0.05, 0) is 59.9 Å². The van der Waals surface area contributed by atoms with E-state index in [9.17, 15) is 0 Å². The Hall–Kier alpha value is -4.63. The quantitative estimate of drug-likeness (QED) is 0.251. The van der Waals surface area contributed by atoms with E-state index in [1.807, 2.05) is 0 Å². The van der Waals surface area contributed by atoms with Gasteiger partial charge in [0.25, 0.3) is 0 Å². The predicted molar refractivity (Wildman–Crippen MR) is 166 cm³/mol. The second-order valence-corrected chi connectivity index (χ2v) is 11.5. The maximum Gasteiger partial charge on any atom is 0.134 e. The fraction of sp³-hybridized carbons (Fsp3) is 0.184. The maximum atomic E-state index is 6.48. The molecule has 0 bridgehead atoms. The van der Waals surface area contributed by atoms with E-state index in [1.54, 1.807) is 0 Å². The molecule has 41 heavy (non-hydrogen) atoms. The molecule has 3 aliphatic rings. The summed E-state index contributed by atoms with van der Waals surface area (Å²) in [5, 5.41) is 3.83. The highest BCUT2D eigenvalue weighted by atomic mass is 16.5. The molecule has 1 saturated carbocycles. The van der Waals surface area contributed by atoms with Gasteiger partial charge in [-0.2, -0.15) is 0 Å². The van der Waals surface area contributed by atoms with Crippen LogP contribution >= 0.6 is 0 Å². The van der Waals surface area contributed by atoms with E-state index in [-0.39, 0.29) is 11.5 Å². The topological polar surface area (TPSA) is 33.6 Å². The van der Waals surface area contributed by atoms with Crippen LogP contribution in [0.1, 0.15) is 66.0 Å². The van der Waals surface area contributed by atoms with Crippen LogP contribution < -0.4 is 10.1 Å². The summed E-state index contributed by atoms with van der Waals surface area (Å²) >= 11 is 0. The van der Waals surface area contributed by atoms with Crippen LogP contribution in [-0.4, -0.2) is 5.84 Å². The normalized spacial score (nSPS) is 18.2. The summed E-state index contributed by atoms with van der Waals surface area (Å²) in [5.41, 5.74) is 9.64. The van der Waals surface area contributed by atoms with Gasteiger partial charge in [-0.15, -0.1) is 0 Å². The van der Waals surface area contributed by atoms with Crippen molar-refractivity contribution >= 4 is 11.5 Å². The van der Waals surface area contributed by atoms with Gasteiger partial charge in [0, 0.05) is 27.7 Å². The predicted octanol–water partition coefficient (Wildman–Crippen LogP) is 9.48. The second kappa shape index (κ2) is 9.78. The molecule has 1 spiro atoms. The third-order valence-corrected chi connectivity index (χ3v) is 9.21. The number of rotatable bonds is 3. The second-order valence-electron chi connectivity index (χ2n) is 11.5. The van der Waals surface area contributed by atoms with Crippen molar-refractivity contribution in [2.24, 2.45) is 4.99 Å². The minimum Gasteiger partial charge on any atom is -0.457 e. The fourth-order valence-corrected chi connectivity index (χ4v) is 7.16. The standard InChI is InChI=1S/C38H32N2O/c1-3-11-26(12-4-1)27-17-19-28(20-18-27)36-30-13-5-7-15-33(30)39-37(40-36)29-21-22-35-32(25-29)38(23-9-2-10-24-38)31-14-6-8-16-34(31)41-35/h1,3-8,11-22,25,36H,2,9-10,23-24H2,(H,39,40). The number of ether oxygens (including phenoxy) is 1. The van der Waals surface area contributed by atoms with E-state index in [2.05, 4.69) is 127 Å². The smallest absolute Gasteiger partial charge is 0.134 e. The lowest BCUT2D eigenvalue weighted by Crippen LogP contribution is -2.35. The fourth-order valence-electron chi connectivity index (χ4n) is 7.16. The van der Waals surface area contributed by atoms with Gasteiger partial charge < -0.3 is 10.1 Å². The summed E-state index contributed by atoms with van der Waals surface area (Å²) < 4.78 is 6.48. The lowest BCUT2D eigenvalue weighted by Gasteiger charge is -2.43. The Kier molecular flexibility index (Phi) is 5.77. The minimum absolute atomic E-state index is 0.00174. The summed E-state index contributed by atoms with van der Waals surface area (Å²) in [6.45, 7) is 0. The Morgan fingerprint density at radius 3 is 2.15 bits per heavy atom. The van der Waals surface area contributed by atoms with Gasteiger partial charge in [0.05, 0.1) is 11.7 Å². The van der Waals surface area contributed by atoms with E-state index < -0.39 is 0 Å². The molecular weight excluding hydrogens is 500 g/mol. The Labute approximate surface area is 241 Å². The van der Waals surface area contributed by atoms with Gasteiger partial charge in [0.1, 0.15) is 17.3 Å². The molecule has 1 atom stereocenters. The number of nitrogens with zero attached hydrogens (tertiary/aromatic N) is 1. The molecule has 1 aliphatic carbocycles. The van der Waals surface area contributed by atoms with Crippen molar-refractivity contribution in [3.63, 3.8) is 0 Å². The van der Waals surface area contributed by atoms with Gasteiger partial charge in [0.2, 0.25) is 0 Å². The van der Waals surface area contributed by atoms with E-state index in [0.29, 0.717) is 0 Å². The first-order chi connectivity index (χ1) is 20.3. The van der Waals surface area contributed by atoms with Crippen LogP contribution in [-0.2, 0) is 5.41 Å². The van der Waals surface area contributed by atoms with Gasteiger partial charge >= 0.3 is 0 Å². The Bertz CT molecular complexity index is 1760. The zero-order chi connectivity index (χ0) is 27.2. The number of para-hydroxylation sites is 2. The van der Waals surface area contributed by atoms with Gasteiger partial charge in [0.15, 0.2) is 0 Å². The van der Waals surface area contributed by atoms with E-state index in [1.165, 1.54) is 52.6 Å². The molecule has 2 aliphatic heterocycles. The van der Waals surface area contributed by atoms with Crippen LogP contribution in [0.3, 0.4) is 0 Å². The van der Waals surface area contributed by atoms with E-state index in [0.717, 1.165) is 41.4 Å². The molecule has 0 saturated heterocycles. The van der Waals surface area contributed by atoms with E-state index >= 15 is 0 Å². The summed E-state index contributed by atoms with van der Waals surface area (Å²) in [6.07, 6.45) is 6.10. The monoisotopic (exact) mass is 532 g/mol. The maximum absolute atomic E-state index is 6.48. The lowest BCUT2D eigenvalue weighted by molar-refractivity contribution is 0.306.